The molecule has 0 aliphatic carbocycles. The number of hydrogen-bond acceptors (Lipinski definition) is 2. The van der Waals surface area contributed by atoms with Gasteiger partial charge in [-0.05, 0) is 12.2 Å². The summed E-state index contributed by atoms with van der Waals surface area (Å²) in [6.07, 6.45) is 0. The summed E-state index contributed by atoms with van der Waals surface area (Å²) in [5.74, 6) is 0.684. The molecular formula is C6H11N2O2S2+. The van der Waals surface area contributed by atoms with Crippen molar-refractivity contribution in [1.29, 1.82) is 0 Å². The normalized spacial score (nSPS) is 46.2. The van der Waals surface area contributed by atoms with Gasteiger partial charge in [0.05, 0.1) is 0 Å². The molecule has 2 heterocycles. The molecule has 12 heavy (non-hydrogen) atoms. The van der Waals surface area contributed by atoms with Gasteiger partial charge in [0.15, 0.2) is 16.6 Å². The summed E-state index contributed by atoms with van der Waals surface area (Å²) in [6, 6.07) is 0.204. The third-order valence-electron chi connectivity index (χ3n) is 2.46. The van der Waals surface area contributed by atoms with Gasteiger partial charge in [-0.1, -0.05) is 4.21 Å². The Morgan fingerprint density at radius 3 is 3.00 bits per heavy atom. The second-order valence-electron chi connectivity index (χ2n) is 3.34. The molecule has 2 aliphatic rings. The fourth-order valence-corrected chi connectivity index (χ4v) is 4.05. The summed E-state index contributed by atoms with van der Waals surface area (Å²) in [5, 5.41) is 3.73. The quantitative estimate of drug-likeness (QED) is 0.415. The van der Waals surface area contributed by atoms with E-state index in [1.165, 1.54) is 0 Å². The Hall–Kier alpha value is -0.200. The van der Waals surface area contributed by atoms with E-state index in [1.807, 2.05) is 11.9 Å². The monoisotopic (exact) mass is 207 g/mol. The number of rotatable bonds is 0. The van der Waals surface area contributed by atoms with E-state index in [-0.39, 0.29) is 12.1 Å². The minimum atomic E-state index is -2.58. The summed E-state index contributed by atoms with van der Waals surface area (Å²) in [7, 11) is -0.714. The summed E-state index contributed by atoms with van der Waals surface area (Å²) in [6.45, 7) is 0. The van der Waals surface area contributed by atoms with E-state index in [0.717, 1.165) is 0 Å². The van der Waals surface area contributed by atoms with Crippen LogP contribution in [0.1, 0.15) is 0 Å². The van der Waals surface area contributed by atoms with Gasteiger partial charge in [-0.3, -0.25) is 0 Å². The van der Waals surface area contributed by atoms with Crippen LogP contribution >= 0.6 is 12.2 Å². The maximum atomic E-state index is 11.3. The number of nitrogens with one attached hydrogen (secondary N) is 1. The first-order chi connectivity index (χ1) is 5.49. The van der Waals surface area contributed by atoms with E-state index in [2.05, 4.69) is 5.32 Å². The van der Waals surface area contributed by atoms with Crippen molar-refractivity contribution in [1.82, 2.24) is 10.2 Å². The molecule has 0 aromatic heterocycles. The van der Waals surface area contributed by atoms with Gasteiger partial charge in [0, 0.05) is 7.05 Å². The largest absolute Gasteiger partial charge is 0.353 e. The standard InChI is InChI=1S/C6H10N2O2S2/c1-8-5-3-12(9,10)2-4(5)7-6(8)11/h4-5H,2-3H2,1H3,(H-,7,9,10,11)/p+1/t4-,5+/m1/s1. The van der Waals surface area contributed by atoms with E-state index < -0.39 is 10.2 Å². The number of fused-ring (bicyclic) bond motifs is 1. The molecule has 0 spiro atoms. The first-order valence-electron chi connectivity index (χ1n) is 3.75. The molecule has 6 heteroatoms. The second-order valence-corrected chi connectivity index (χ2v) is 5.94. The Morgan fingerprint density at radius 1 is 1.75 bits per heavy atom. The highest BCUT2D eigenvalue weighted by Crippen LogP contribution is 2.25. The number of thiocarbonyl (C=S) groups is 1. The second kappa shape index (κ2) is 2.40. The summed E-state index contributed by atoms with van der Waals surface area (Å²) < 4.78 is 20.6. The van der Waals surface area contributed by atoms with Crippen molar-refractivity contribution in [2.75, 3.05) is 18.6 Å². The zero-order chi connectivity index (χ0) is 8.93. The van der Waals surface area contributed by atoms with E-state index in [4.69, 9.17) is 12.2 Å². The lowest BCUT2D eigenvalue weighted by molar-refractivity contribution is 0.414. The third kappa shape index (κ3) is 1.14. The topological polar surface area (TPSA) is 52.6 Å². The van der Waals surface area contributed by atoms with Crippen molar-refractivity contribution in [3.8, 4) is 0 Å². The van der Waals surface area contributed by atoms with Gasteiger partial charge in [-0.25, -0.2) is 0 Å². The number of likely N-dealkylation sites (N-methyl/N-ethyl adjacent to an activating group) is 1. The zero-order valence-corrected chi connectivity index (χ0v) is 8.32. The Labute approximate surface area is 77.6 Å². The zero-order valence-electron chi connectivity index (χ0n) is 6.69. The molecule has 0 amide bonds. The molecule has 1 unspecified atom stereocenters. The van der Waals surface area contributed by atoms with Crippen LogP contribution in [-0.2, 0) is 14.4 Å². The molecule has 0 radical (unpaired) electrons. The van der Waals surface area contributed by atoms with Gasteiger partial charge in [0.1, 0.15) is 12.1 Å². The van der Waals surface area contributed by atoms with Gasteiger partial charge in [-0.15, -0.1) is 0 Å². The highest BCUT2D eigenvalue weighted by molar-refractivity contribution is 7.98. The molecule has 2 fully saturated rings. The molecule has 4 nitrogen and oxygen atoms in total. The van der Waals surface area contributed by atoms with E-state index in [1.54, 1.807) is 0 Å². The SMILES string of the molecule is CN1C(=S)N[C@@H]2C[S+](=O)(O)C[C@@H]21. The molecule has 2 aliphatic heterocycles. The summed E-state index contributed by atoms with van der Waals surface area (Å²) in [5.41, 5.74) is 0. The maximum absolute atomic E-state index is 11.3. The lowest BCUT2D eigenvalue weighted by Crippen LogP contribution is -2.33. The average molecular weight is 207 g/mol. The fraction of sp³-hybridized carbons (Fsp3) is 0.833. The Bertz CT molecular complexity index is 281. The van der Waals surface area contributed by atoms with Crippen molar-refractivity contribution in [2.45, 2.75) is 12.1 Å². The molecule has 0 saturated carbocycles. The minimum absolute atomic E-state index is 0.0833. The van der Waals surface area contributed by atoms with Gasteiger partial charge in [0.2, 0.25) is 10.2 Å². The predicted molar refractivity (Wildman–Crippen MR) is 51.5 cm³/mol. The molecule has 2 rings (SSSR count). The molecule has 3 atom stereocenters. The molecule has 0 bridgehead atoms. The van der Waals surface area contributed by atoms with Crippen LogP contribution in [0.25, 0.3) is 0 Å². The lowest BCUT2D eigenvalue weighted by atomic mass is 10.2. The minimum Gasteiger partial charge on any atom is -0.353 e. The van der Waals surface area contributed by atoms with Crippen LogP contribution in [0, 0.1) is 0 Å². The lowest BCUT2D eigenvalue weighted by Gasteiger charge is -2.14. The van der Waals surface area contributed by atoms with Crippen molar-refractivity contribution in [3.63, 3.8) is 0 Å². The number of hydrogen-bond donors (Lipinski definition) is 2. The predicted octanol–water partition coefficient (Wildman–Crippen LogP) is -0.470. The molecule has 2 saturated heterocycles. The van der Waals surface area contributed by atoms with Crippen LogP contribution in [0.2, 0.25) is 0 Å². The highest BCUT2D eigenvalue weighted by Gasteiger charge is 2.52. The Morgan fingerprint density at radius 2 is 2.42 bits per heavy atom. The molecule has 2 N–H and O–H groups in total. The van der Waals surface area contributed by atoms with Crippen LogP contribution in [0.5, 0.6) is 0 Å². The number of nitrogens with zero attached hydrogens (tertiary/aromatic N) is 1. The Kier molecular flexibility index (Phi) is 1.68. The highest BCUT2D eigenvalue weighted by atomic mass is 32.3. The van der Waals surface area contributed by atoms with Gasteiger partial charge < -0.3 is 10.2 Å². The summed E-state index contributed by atoms with van der Waals surface area (Å²) in [4.78, 5) is 1.88. The molecule has 0 aromatic rings. The Balaban J connectivity index is 2.21. The van der Waals surface area contributed by atoms with E-state index >= 15 is 0 Å². The fourth-order valence-electron chi connectivity index (χ4n) is 1.77. The maximum Gasteiger partial charge on any atom is 0.218 e. The molecule has 68 valence electrons. The van der Waals surface area contributed by atoms with Crippen molar-refractivity contribution >= 4 is 27.5 Å². The first kappa shape index (κ1) is 8.40. The third-order valence-corrected chi connectivity index (χ3v) is 4.61. The van der Waals surface area contributed by atoms with Gasteiger partial charge in [-0.2, -0.15) is 4.55 Å². The smallest absolute Gasteiger partial charge is 0.218 e. The first-order valence-corrected chi connectivity index (χ1v) is 6.01. The van der Waals surface area contributed by atoms with Crippen molar-refractivity contribution in [3.05, 3.63) is 0 Å². The molecular weight excluding hydrogens is 196 g/mol. The van der Waals surface area contributed by atoms with E-state index in [0.29, 0.717) is 16.6 Å². The van der Waals surface area contributed by atoms with Crippen LogP contribution in [0.3, 0.4) is 0 Å². The van der Waals surface area contributed by atoms with Crippen LogP contribution in [-0.4, -0.2) is 45.2 Å². The average Bonchev–Trinajstić information content (AvgIpc) is 2.33. The van der Waals surface area contributed by atoms with Gasteiger partial charge >= 0.3 is 0 Å². The van der Waals surface area contributed by atoms with E-state index in [9.17, 15) is 8.76 Å². The van der Waals surface area contributed by atoms with Crippen molar-refractivity contribution in [2.24, 2.45) is 0 Å². The molecule has 0 aromatic carbocycles. The van der Waals surface area contributed by atoms with Crippen LogP contribution in [0.15, 0.2) is 0 Å². The van der Waals surface area contributed by atoms with Gasteiger partial charge in [0.25, 0.3) is 0 Å². The van der Waals surface area contributed by atoms with Crippen LogP contribution in [0.4, 0.5) is 0 Å². The van der Waals surface area contributed by atoms with Crippen LogP contribution < -0.4 is 5.32 Å². The van der Waals surface area contributed by atoms with Crippen molar-refractivity contribution < 1.29 is 8.76 Å². The summed E-state index contributed by atoms with van der Waals surface area (Å²) >= 11 is 5.01.